The molecule has 4 rings (SSSR count). The van der Waals surface area contributed by atoms with E-state index in [-0.39, 0.29) is 17.0 Å². The monoisotopic (exact) mass is 500 g/mol. The average molecular weight is 501 g/mol. The second-order valence-corrected chi connectivity index (χ2v) is 11.2. The molecule has 2 aliphatic rings. The number of rotatable bonds is 6. The predicted molar refractivity (Wildman–Crippen MR) is 123 cm³/mol. The van der Waals surface area contributed by atoms with Crippen LogP contribution in [0.25, 0.3) is 0 Å². The number of likely N-dealkylation sites (tertiary alicyclic amines) is 1. The van der Waals surface area contributed by atoms with Crippen LogP contribution in [0.3, 0.4) is 0 Å². The Morgan fingerprint density at radius 3 is 2.36 bits per heavy atom. The summed E-state index contributed by atoms with van der Waals surface area (Å²) in [6, 6.07) is 11.6. The number of benzene rings is 2. The van der Waals surface area contributed by atoms with E-state index in [4.69, 9.17) is 11.6 Å². The maximum absolute atomic E-state index is 13.0. The van der Waals surface area contributed by atoms with E-state index < -0.39 is 21.8 Å². The molecule has 0 radical (unpaired) electrons. The molecule has 1 heterocycles. The first-order valence-corrected chi connectivity index (χ1v) is 13.2. The van der Waals surface area contributed by atoms with Crippen LogP contribution in [0.2, 0.25) is 5.02 Å². The summed E-state index contributed by atoms with van der Waals surface area (Å²) in [6.45, 7) is 1.79. The van der Waals surface area contributed by atoms with Crippen LogP contribution >= 0.6 is 11.6 Å². The van der Waals surface area contributed by atoms with Gasteiger partial charge in [-0.05, 0) is 87.0 Å². The molecule has 0 amide bonds. The molecule has 2 fully saturated rings. The van der Waals surface area contributed by atoms with E-state index in [0.29, 0.717) is 18.4 Å². The Balaban J connectivity index is 1.37. The van der Waals surface area contributed by atoms with Crippen LogP contribution in [0.4, 0.5) is 13.2 Å². The van der Waals surface area contributed by atoms with Gasteiger partial charge < -0.3 is 0 Å². The lowest BCUT2D eigenvalue weighted by atomic mass is 9.89. The van der Waals surface area contributed by atoms with Crippen LogP contribution in [0, 0.1) is 5.92 Å². The molecule has 0 aromatic heterocycles. The largest absolute Gasteiger partial charge is 0.416 e. The van der Waals surface area contributed by atoms with E-state index in [1.807, 2.05) is 12.1 Å². The fourth-order valence-electron chi connectivity index (χ4n) is 5.06. The van der Waals surface area contributed by atoms with Crippen molar-refractivity contribution in [1.82, 2.24) is 9.62 Å². The van der Waals surface area contributed by atoms with Crippen molar-refractivity contribution in [3.63, 3.8) is 0 Å². The SMILES string of the molecule is O=S(=O)(N[C@@H]1CCC[C@H]1N1CCC(Cc2ccc(Cl)cc2)CC1)c1cccc(C(F)(F)F)c1. The summed E-state index contributed by atoms with van der Waals surface area (Å²) in [7, 11) is -4.04. The first kappa shape index (κ1) is 24.5. The topological polar surface area (TPSA) is 49.4 Å². The average Bonchev–Trinajstić information content (AvgIpc) is 3.23. The van der Waals surface area contributed by atoms with Crippen molar-refractivity contribution >= 4 is 21.6 Å². The lowest BCUT2D eigenvalue weighted by molar-refractivity contribution is -0.137. The standard InChI is InChI=1S/C24H28ClF3N2O2S/c25-20-9-7-17(8-10-20)15-18-11-13-30(14-12-18)23-6-2-5-22(23)29-33(31,32)21-4-1-3-19(16-21)24(26,27)28/h1,3-4,7-10,16,18,22-23,29H,2,5-6,11-15H2/t22-,23-/m1/s1. The zero-order valence-corrected chi connectivity index (χ0v) is 19.8. The summed E-state index contributed by atoms with van der Waals surface area (Å²) in [6.07, 6.45) is 0.952. The molecule has 2 atom stereocenters. The summed E-state index contributed by atoms with van der Waals surface area (Å²) in [5.74, 6) is 0.573. The van der Waals surface area contributed by atoms with Crippen LogP contribution in [-0.2, 0) is 22.6 Å². The van der Waals surface area contributed by atoms with Crippen molar-refractivity contribution in [2.45, 2.75) is 61.7 Å². The lowest BCUT2D eigenvalue weighted by Crippen LogP contribution is -2.51. The van der Waals surface area contributed by atoms with Crippen LogP contribution < -0.4 is 4.72 Å². The highest BCUT2D eigenvalue weighted by atomic mass is 35.5. The van der Waals surface area contributed by atoms with Crippen molar-refractivity contribution in [2.75, 3.05) is 13.1 Å². The van der Waals surface area contributed by atoms with Crippen molar-refractivity contribution in [3.05, 3.63) is 64.7 Å². The normalized spacial score (nSPS) is 23.2. The van der Waals surface area contributed by atoms with Crippen molar-refractivity contribution < 1.29 is 21.6 Å². The zero-order chi connectivity index (χ0) is 23.6. The van der Waals surface area contributed by atoms with E-state index >= 15 is 0 Å². The van der Waals surface area contributed by atoms with E-state index in [9.17, 15) is 21.6 Å². The summed E-state index contributed by atoms with van der Waals surface area (Å²) in [4.78, 5) is 2.01. The second kappa shape index (κ2) is 9.94. The molecule has 33 heavy (non-hydrogen) atoms. The number of sulfonamides is 1. The Bertz CT molecular complexity index is 1050. The molecule has 0 unspecified atom stereocenters. The first-order valence-electron chi connectivity index (χ1n) is 11.3. The van der Waals surface area contributed by atoms with Gasteiger partial charge in [-0.15, -0.1) is 0 Å². The Labute approximate surface area is 198 Å². The highest BCUT2D eigenvalue weighted by Crippen LogP contribution is 2.33. The zero-order valence-electron chi connectivity index (χ0n) is 18.2. The second-order valence-electron chi connectivity index (χ2n) is 9.06. The molecule has 4 nitrogen and oxygen atoms in total. The van der Waals surface area contributed by atoms with Crippen LogP contribution in [0.5, 0.6) is 0 Å². The number of hydrogen-bond acceptors (Lipinski definition) is 3. The Morgan fingerprint density at radius 1 is 1.00 bits per heavy atom. The van der Waals surface area contributed by atoms with Gasteiger partial charge in [0.25, 0.3) is 0 Å². The minimum absolute atomic E-state index is 0.0713. The smallest absolute Gasteiger partial charge is 0.299 e. The fourth-order valence-corrected chi connectivity index (χ4v) is 6.54. The van der Waals surface area contributed by atoms with Gasteiger partial charge in [0.15, 0.2) is 0 Å². The van der Waals surface area contributed by atoms with Gasteiger partial charge in [0.05, 0.1) is 10.5 Å². The fraction of sp³-hybridized carbons (Fsp3) is 0.500. The third-order valence-corrected chi connectivity index (χ3v) is 8.55. The first-order chi connectivity index (χ1) is 15.6. The third-order valence-electron chi connectivity index (χ3n) is 6.81. The van der Waals surface area contributed by atoms with E-state index in [1.54, 1.807) is 0 Å². The van der Waals surface area contributed by atoms with Gasteiger partial charge in [-0.3, -0.25) is 4.90 Å². The summed E-state index contributed by atoms with van der Waals surface area (Å²) < 4.78 is 67.5. The van der Waals surface area contributed by atoms with Crippen molar-refractivity contribution in [3.8, 4) is 0 Å². The number of alkyl halides is 3. The molecular formula is C24H28ClF3N2O2S. The molecule has 180 valence electrons. The van der Waals surface area contributed by atoms with Gasteiger partial charge in [0, 0.05) is 17.1 Å². The summed E-state index contributed by atoms with van der Waals surface area (Å²) in [5, 5.41) is 0.730. The molecular weight excluding hydrogens is 473 g/mol. The quantitative estimate of drug-likeness (QED) is 0.568. The molecule has 1 aliphatic heterocycles. The molecule has 0 bridgehead atoms. The highest BCUT2D eigenvalue weighted by Gasteiger charge is 2.37. The number of nitrogens with one attached hydrogen (secondary N) is 1. The van der Waals surface area contributed by atoms with Crippen molar-refractivity contribution in [1.29, 1.82) is 0 Å². The molecule has 2 aromatic carbocycles. The Hall–Kier alpha value is -1.61. The van der Waals surface area contributed by atoms with Gasteiger partial charge in [0.1, 0.15) is 0 Å². The lowest BCUT2D eigenvalue weighted by Gasteiger charge is -2.38. The maximum atomic E-state index is 13.0. The van der Waals surface area contributed by atoms with Crippen LogP contribution in [0.15, 0.2) is 53.4 Å². The van der Waals surface area contributed by atoms with E-state index in [1.165, 1.54) is 11.6 Å². The molecule has 1 N–H and O–H groups in total. The van der Waals surface area contributed by atoms with Gasteiger partial charge in [0.2, 0.25) is 10.0 Å². The Morgan fingerprint density at radius 2 is 1.70 bits per heavy atom. The molecule has 1 saturated heterocycles. The van der Waals surface area contributed by atoms with Gasteiger partial charge in [-0.1, -0.05) is 36.2 Å². The number of hydrogen-bond donors (Lipinski definition) is 1. The number of nitrogens with zero attached hydrogens (tertiary/aromatic N) is 1. The minimum atomic E-state index is -4.59. The highest BCUT2D eigenvalue weighted by molar-refractivity contribution is 7.89. The molecule has 1 saturated carbocycles. The maximum Gasteiger partial charge on any atom is 0.416 e. The van der Waals surface area contributed by atoms with Gasteiger partial charge >= 0.3 is 6.18 Å². The molecule has 2 aromatic rings. The van der Waals surface area contributed by atoms with Gasteiger partial charge in [-0.2, -0.15) is 13.2 Å². The minimum Gasteiger partial charge on any atom is -0.299 e. The summed E-state index contributed by atoms with van der Waals surface area (Å²) in [5.41, 5.74) is 0.307. The Kier molecular flexibility index (Phi) is 7.38. The van der Waals surface area contributed by atoms with E-state index in [0.717, 1.165) is 62.3 Å². The molecule has 0 spiro atoms. The molecule has 1 aliphatic carbocycles. The predicted octanol–water partition coefficient (Wildman–Crippen LogP) is 5.51. The molecule has 9 heteroatoms. The third kappa shape index (κ3) is 6.10. The number of piperidine rings is 1. The van der Waals surface area contributed by atoms with Crippen LogP contribution in [-0.4, -0.2) is 38.5 Å². The van der Waals surface area contributed by atoms with Gasteiger partial charge in [-0.25, -0.2) is 13.1 Å². The summed E-state index contributed by atoms with van der Waals surface area (Å²) >= 11 is 5.97. The number of halogens is 4. The van der Waals surface area contributed by atoms with Crippen molar-refractivity contribution in [2.24, 2.45) is 5.92 Å². The van der Waals surface area contributed by atoms with E-state index in [2.05, 4.69) is 21.8 Å². The van der Waals surface area contributed by atoms with Crippen LogP contribution in [0.1, 0.15) is 43.2 Å².